The van der Waals surface area contributed by atoms with Crippen LogP contribution in [0.25, 0.3) is 0 Å². The molecule has 0 aromatic heterocycles. The van der Waals surface area contributed by atoms with Gasteiger partial charge in [-0.1, -0.05) is 13.0 Å². The average molecular weight is 234 g/mol. The van der Waals surface area contributed by atoms with Crippen molar-refractivity contribution in [1.82, 2.24) is 5.32 Å². The number of hydrogen-bond acceptors (Lipinski definition) is 3. The van der Waals surface area contributed by atoms with Crippen LogP contribution in [0.4, 0.5) is 5.69 Å². The lowest BCUT2D eigenvalue weighted by molar-refractivity contribution is 0.413. The van der Waals surface area contributed by atoms with Crippen molar-refractivity contribution in [1.29, 1.82) is 0 Å². The first kappa shape index (κ1) is 12.2. The Bertz CT molecular complexity index is 378. The molecular weight excluding hydrogens is 212 g/mol. The maximum absolute atomic E-state index is 5.47. The highest BCUT2D eigenvalue weighted by atomic mass is 16.5. The van der Waals surface area contributed by atoms with Crippen LogP contribution < -0.4 is 15.0 Å². The van der Waals surface area contributed by atoms with Gasteiger partial charge in [0.2, 0.25) is 0 Å². The molecule has 3 nitrogen and oxygen atoms in total. The average Bonchev–Trinajstić information content (AvgIpc) is 2.54. The summed E-state index contributed by atoms with van der Waals surface area (Å²) in [6, 6.07) is 6.38. The van der Waals surface area contributed by atoms with Gasteiger partial charge in [-0.3, -0.25) is 0 Å². The predicted molar refractivity (Wildman–Crippen MR) is 72.0 cm³/mol. The highest BCUT2D eigenvalue weighted by Gasteiger charge is 2.17. The van der Waals surface area contributed by atoms with Crippen LogP contribution in [0.5, 0.6) is 5.75 Å². The van der Waals surface area contributed by atoms with Crippen molar-refractivity contribution in [2.45, 2.75) is 13.8 Å². The Labute approximate surface area is 104 Å². The van der Waals surface area contributed by atoms with Gasteiger partial charge in [0, 0.05) is 19.6 Å². The molecule has 1 atom stereocenters. The van der Waals surface area contributed by atoms with Crippen molar-refractivity contribution in [3.63, 3.8) is 0 Å². The molecule has 2 rings (SSSR count). The van der Waals surface area contributed by atoms with Gasteiger partial charge in [0.05, 0.1) is 12.8 Å². The SMILES string of the molecule is COc1ccc(C)cc1N1CCNCC(C)C1. The first-order valence-electron chi connectivity index (χ1n) is 6.31. The number of rotatable bonds is 2. The van der Waals surface area contributed by atoms with E-state index in [1.807, 2.05) is 0 Å². The normalized spacial score (nSPS) is 21.1. The van der Waals surface area contributed by atoms with Gasteiger partial charge in [-0.15, -0.1) is 0 Å². The number of aryl methyl sites for hydroxylation is 1. The summed E-state index contributed by atoms with van der Waals surface area (Å²) in [5.74, 6) is 1.65. The van der Waals surface area contributed by atoms with Gasteiger partial charge in [-0.25, -0.2) is 0 Å². The van der Waals surface area contributed by atoms with E-state index in [4.69, 9.17) is 4.74 Å². The summed E-state index contributed by atoms with van der Waals surface area (Å²) in [6.07, 6.45) is 0. The summed E-state index contributed by atoms with van der Waals surface area (Å²) in [7, 11) is 1.74. The third kappa shape index (κ3) is 2.91. The maximum atomic E-state index is 5.47. The zero-order valence-corrected chi connectivity index (χ0v) is 11.0. The molecule has 0 aliphatic carbocycles. The van der Waals surface area contributed by atoms with E-state index >= 15 is 0 Å². The van der Waals surface area contributed by atoms with Crippen molar-refractivity contribution >= 4 is 5.69 Å². The van der Waals surface area contributed by atoms with E-state index in [1.54, 1.807) is 7.11 Å². The number of ether oxygens (including phenoxy) is 1. The van der Waals surface area contributed by atoms with Gasteiger partial charge in [0.1, 0.15) is 5.75 Å². The molecule has 3 heteroatoms. The molecule has 94 valence electrons. The number of hydrogen-bond donors (Lipinski definition) is 1. The quantitative estimate of drug-likeness (QED) is 0.847. The highest BCUT2D eigenvalue weighted by molar-refractivity contribution is 5.60. The summed E-state index contributed by atoms with van der Waals surface area (Å²) >= 11 is 0. The summed E-state index contributed by atoms with van der Waals surface area (Å²) in [5.41, 5.74) is 2.51. The second kappa shape index (κ2) is 5.41. The second-order valence-corrected chi connectivity index (χ2v) is 4.93. The Balaban J connectivity index is 2.27. The number of benzene rings is 1. The van der Waals surface area contributed by atoms with E-state index in [-0.39, 0.29) is 0 Å². The zero-order valence-electron chi connectivity index (χ0n) is 11.0. The van der Waals surface area contributed by atoms with Gasteiger partial charge < -0.3 is 15.0 Å². The molecule has 1 unspecified atom stereocenters. The smallest absolute Gasteiger partial charge is 0.142 e. The van der Waals surface area contributed by atoms with Crippen molar-refractivity contribution in [2.75, 3.05) is 38.2 Å². The van der Waals surface area contributed by atoms with E-state index in [2.05, 4.69) is 42.3 Å². The highest BCUT2D eigenvalue weighted by Crippen LogP contribution is 2.30. The summed E-state index contributed by atoms with van der Waals surface area (Å²) in [4.78, 5) is 2.43. The van der Waals surface area contributed by atoms with E-state index in [0.717, 1.165) is 31.9 Å². The standard InChI is InChI=1S/C14H22N2O/c1-11-4-5-14(17-3)13(8-11)16-7-6-15-9-12(2)10-16/h4-5,8,12,15H,6-7,9-10H2,1-3H3. The molecule has 1 N–H and O–H groups in total. The minimum absolute atomic E-state index is 0.669. The Morgan fingerprint density at radius 2 is 2.24 bits per heavy atom. The second-order valence-electron chi connectivity index (χ2n) is 4.93. The van der Waals surface area contributed by atoms with Gasteiger partial charge >= 0.3 is 0 Å². The van der Waals surface area contributed by atoms with Crippen LogP contribution >= 0.6 is 0 Å². The lowest BCUT2D eigenvalue weighted by atomic mass is 10.1. The Morgan fingerprint density at radius 1 is 1.41 bits per heavy atom. The number of nitrogens with zero attached hydrogens (tertiary/aromatic N) is 1. The molecule has 1 heterocycles. The van der Waals surface area contributed by atoms with Gasteiger partial charge in [0.25, 0.3) is 0 Å². The Kier molecular flexibility index (Phi) is 3.89. The van der Waals surface area contributed by atoms with Crippen LogP contribution in [-0.2, 0) is 0 Å². The fourth-order valence-corrected chi connectivity index (χ4v) is 2.36. The summed E-state index contributed by atoms with van der Waals surface area (Å²) < 4.78 is 5.47. The molecule has 1 aromatic rings. The lowest BCUT2D eigenvalue weighted by Gasteiger charge is -2.26. The van der Waals surface area contributed by atoms with Crippen LogP contribution in [0.2, 0.25) is 0 Å². The van der Waals surface area contributed by atoms with Crippen LogP contribution in [-0.4, -0.2) is 33.3 Å². The minimum Gasteiger partial charge on any atom is -0.495 e. The molecule has 0 amide bonds. The van der Waals surface area contributed by atoms with Crippen molar-refractivity contribution in [3.05, 3.63) is 23.8 Å². The first-order chi connectivity index (χ1) is 8.20. The first-order valence-corrected chi connectivity index (χ1v) is 6.31. The van der Waals surface area contributed by atoms with E-state index in [9.17, 15) is 0 Å². The summed E-state index contributed by atoms with van der Waals surface area (Å²) in [6.45, 7) is 8.69. The van der Waals surface area contributed by atoms with Crippen molar-refractivity contribution in [2.24, 2.45) is 5.92 Å². The van der Waals surface area contributed by atoms with E-state index in [0.29, 0.717) is 5.92 Å². The number of methoxy groups -OCH3 is 1. The van der Waals surface area contributed by atoms with Crippen LogP contribution in [0.3, 0.4) is 0 Å². The molecule has 1 aliphatic rings. The Hall–Kier alpha value is -1.22. The molecule has 1 saturated heterocycles. The minimum atomic E-state index is 0.669. The summed E-state index contributed by atoms with van der Waals surface area (Å²) in [5, 5.41) is 3.47. The fraction of sp³-hybridized carbons (Fsp3) is 0.571. The molecule has 0 bridgehead atoms. The third-order valence-electron chi connectivity index (χ3n) is 3.26. The molecule has 1 aliphatic heterocycles. The third-order valence-corrected chi connectivity index (χ3v) is 3.26. The molecule has 1 aromatic carbocycles. The zero-order chi connectivity index (χ0) is 12.3. The molecular formula is C14H22N2O. The molecule has 0 saturated carbocycles. The number of anilines is 1. The topological polar surface area (TPSA) is 24.5 Å². The van der Waals surface area contributed by atoms with Gasteiger partial charge in [-0.05, 0) is 37.1 Å². The van der Waals surface area contributed by atoms with Crippen LogP contribution in [0.1, 0.15) is 12.5 Å². The largest absolute Gasteiger partial charge is 0.495 e. The van der Waals surface area contributed by atoms with E-state index in [1.165, 1.54) is 11.3 Å². The van der Waals surface area contributed by atoms with Gasteiger partial charge in [-0.2, -0.15) is 0 Å². The maximum Gasteiger partial charge on any atom is 0.142 e. The van der Waals surface area contributed by atoms with Crippen molar-refractivity contribution in [3.8, 4) is 5.75 Å². The van der Waals surface area contributed by atoms with Gasteiger partial charge in [0.15, 0.2) is 0 Å². The molecule has 1 fully saturated rings. The fourth-order valence-electron chi connectivity index (χ4n) is 2.36. The molecule has 0 radical (unpaired) electrons. The molecule has 0 spiro atoms. The lowest BCUT2D eigenvalue weighted by Crippen LogP contribution is -2.29. The molecule has 17 heavy (non-hydrogen) atoms. The van der Waals surface area contributed by atoms with Crippen molar-refractivity contribution < 1.29 is 4.74 Å². The Morgan fingerprint density at radius 3 is 3.00 bits per heavy atom. The van der Waals surface area contributed by atoms with Crippen LogP contribution in [0, 0.1) is 12.8 Å². The predicted octanol–water partition coefficient (Wildman–Crippen LogP) is 2.05. The number of nitrogens with one attached hydrogen (secondary N) is 1. The monoisotopic (exact) mass is 234 g/mol. The van der Waals surface area contributed by atoms with E-state index < -0.39 is 0 Å². The van der Waals surface area contributed by atoms with Crippen LogP contribution in [0.15, 0.2) is 18.2 Å².